The number of aromatic nitrogens is 4. The van der Waals surface area contributed by atoms with Gasteiger partial charge in [0.2, 0.25) is 0 Å². The van der Waals surface area contributed by atoms with E-state index >= 15 is 0 Å². The second-order valence-corrected chi connectivity index (χ2v) is 3.97. The fourth-order valence-electron chi connectivity index (χ4n) is 1.57. The first kappa shape index (κ1) is 15.5. The standard InChI is InChI=1S/C14H14N4O4/c1-3-21-13(19)9-5-7-15-11(17-9)12-16-8-6-10(18-12)14(20)22-4-2/h5-8H,3-4H2,1-2H3. The van der Waals surface area contributed by atoms with Gasteiger partial charge >= 0.3 is 11.9 Å². The topological polar surface area (TPSA) is 104 Å². The molecule has 0 N–H and O–H groups in total. The maximum Gasteiger partial charge on any atom is 0.357 e. The van der Waals surface area contributed by atoms with Gasteiger partial charge in [-0.05, 0) is 26.0 Å². The molecule has 2 aromatic heterocycles. The summed E-state index contributed by atoms with van der Waals surface area (Å²) in [5.74, 6) is -0.881. The molecule has 0 aliphatic carbocycles. The zero-order chi connectivity index (χ0) is 15.9. The smallest absolute Gasteiger partial charge is 0.357 e. The first-order chi connectivity index (χ1) is 10.7. The van der Waals surface area contributed by atoms with E-state index in [1.165, 1.54) is 24.5 Å². The third kappa shape index (κ3) is 3.60. The van der Waals surface area contributed by atoms with E-state index in [0.29, 0.717) is 0 Å². The first-order valence-corrected chi connectivity index (χ1v) is 6.66. The Bertz CT molecular complexity index is 631. The monoisotopic (exact) mass is 302 g/mol. The minimum atomic E-state index is -0.562. The number of esters is 2. The van der Waals surface area contributed by atoms with Crippen LogP contribution in [-0.2, 0) is 9.47 Å². The molecule has 0 amide bonds. The van der Waals surface area contributed by atoms with E-state index in [0.717, 1.165) is 0 Å². The van der Waals surface area contributed by atoms with Crippen molar-refractivity contribution >= 4 is 11.9 Å². The van der Waals surface area contributed by atoms with Crippen LogP contribution in [0.2, 0.25) is 0 Å². The lowest BCUT2D eigenvalue weighted by Gasteiger charge is -2.04. The lowest BCUT2D eigenvalue weighted by atomic mass is 10.3. The molecule has 0 atom stereocenters. The van der Waals surface area contributed by atoms with Crippen LogP contribution in [0.4, 0.5) is 0 Å². The number of rotatable bonds is 5. The minimum Gasteiger partial charge on any atom is -0.461 e. The molecule has 0 bridgehead atoms. The SMILES string of the molecule is CCOC(=O)c1ccnc(-c2nccc(C(=O)OCC)n2)n1. The van der Waals surface area contributed by atoms with E-state index in [2.05, 4.69) is 19.9 Å². The van der Waals surface area contributed by atoms with Crippen molar-refractivity contribution < 1.29 is 19.1 Å². The molecule has 8 nitrogen and oxygen atoms in total. The van der Waals surface area contributed by atoms with Crippen LogP contribution in [0.3, 0.4) is 0 Å². The van der Waals surface area contributed by atoms with Crippen molar-refractivity contribution in [3.05, 3.63) is 35.9 Å². The number of ether oxygens (including phenoxy) is 2. The lowest BCUT2D eigenvalue weighted by Crippen LogP contribution is -2.11. The summed E-state index contributed by atoms with van der Waals surface area (Å²) in [5.41, 5.74) is 0.189. The molecule has 0 fully saturated rings. The number of hydrogen-bond donors (Lipinski definition) is 0. The van der Waals surface area contributed by atoms with Crippen LogP contribution in [-0.4, -0.2) is 45.1 Å². The molecule has 0 radical (unpaired) electrons. The summed E-state index contributed by atoms with van der Waals surface area (Å²) in [7, 11) is 0. The molecule has 2 rings (SSSR count). The van der Waals surface area contributed by atoms with Crippen molar-refractivity contribution in [2.45, 2.75) is 13.8 Å². The highest BCUT2D eigenvalue weighted by atomic mass is 16.5. The summed E-state index contributed by atoms with van der Waals surface area (Å²) in [6, 6.07) is 2.85. The van der Waals surface area contributed by atoms with Gasteiger partial charge in [-0.15, -0.1) is 0 Å². The molecule has 0 saturated carbocycles. The van der Waals surface area contributed by atoms with Crippen molar-refractivity contribution in [3.8, 4) is 11.6 Å². The van der Waals surface area contributed by atoms with Crippen LogP contribution in [0.15, 0.2) is 24.5 Å². The van der Waals surface area contributed by atoms with Gasteiger partial charge in [0.15, 0.2) is 23.0 Å². The van der Waals surface area contributed by atoms with Gasteiger partial charge in [0, 0.05) is 12.4 Å². The number of carbonyl (C=O) groups excluding carboxylic acids is 2. The average molecular weight is 302 g/mol. The van der Waals surface area contributed by atoms with Gasteiger partial charge in [-0.25, -0.2) is 29.5 Å². The first-order valence-electron chi connectivity index (χ1n) is 6.66. The van der Waals surface area contributed by atoms with Crippen LogP contribution < -0.4 is 0 Å². The van der Waals surface area contributed by atoms with Gasteiger partial charge < -0.3 is 9.47 Å². The zero-order valence-electron chi connectivity index (χ0n) is 12.1. The predicted octanol–water partition coefficient (Wildman–Crippen LogP) is 1.29. The summed E-state index contributed by atoms with van der Waals surface area (Å²) < 4.78 is 9.74. The normalized spacial score (nSPS) is 10.1. The molecule has 0 saturated heterocycles. The van der Waals surface area contributed by atoms with Crippen molar-refractivity contribution in [1.29, 1.82) is 0 Å². The third-order valence-electron chi connectivity index (χ3n) is 2.48. The fraction of sp³-hybridized carbons (Fsp3) is 0.286. The van der Waals surface area contributed by atoms with Gasteiger partial charge in [0.1, 0.15) is 0 Å². The third-order valence-corrected chi connectivity index (χ3v) is 2.48. The highest BCUT2D eigenvalue weighted by Crippen LogP contribution is 2.10. The molecule has 0 aliphatic rings. The molecule has 0 aromatic carbocycles. The van der Waals surface area contributed by atoms with Crippen molar-refractivity contribution in [3.63, 3.8) is 0 Å². The molecular formula is C14H14N4O4. The summed E-state index contributed by atoms with van der Waals surface area (Å²) in [5, 5.41) is 0. The van der Waals surface area contributed by atoms with Crippen LogP contribution >= 0.6 is 0 Å². The summed E-state index contributed by atoms with van der Waals surface area (Å²) in [4.78, 5) is 39.4. The molecule has 22 heavy (non-hydrogen) atoms. The van der Waals surface area contributed by atoms with E-state index < -0.39 is 11.9 Å². The van der Waals surface area contributed by atoms with Gasteiger partial charge in [-0.3, -0.25) is 0 Å². The predicted molar refractivity (Wildman–Crippen MR) is 75.0 cm³/mol. The summed E-state index contributed by atoms with van der Waals surface area (Å²) >= 11 is 0. The zero-order valence-corrected chi connectivity index (χ0v) is 12.1. The van der Waals surface area contributed by atoms with Crippen LogP contribution in [0.5, 0.6) is 0 Å². The summed E-state index contributed by atoms with van der Waals surface area (Å²) in [6.45, 7) is 3.89. The van der Waals surface area contributed by atoms with Crippen molar-refractivity contribution in [1.82, 2.24) is 19.9 Å². The van der Waals surface area contributed by atoms with E-state index in [1.54, 1.807) is 13.8 Å². The Labute approximate surface area is 126 Å². The molecule has 0 aliphatic heterocycles. The molecule has 0 spiro atoms. The van der Waals surface area contributed by atoms with Gasteiger partial charge in [0.05, 0.1) is 13.2 Å². The Morgan fingerprint density at radius 1 is 0.864 bits per heavy atom. The van der Waals surface area contributed by atoms with Crippen molar-refractivity contribution in [2.24, 2.45) is 0 Å². The highest BCUT2D eigenvalue weighted by Gasteiger charge is 2.15. The largest absolute Gasteiger partial charge is 0.461 e. The fourth-order valence-corrected chi connectivity index (χ4v) is 1.57. The maximum atomic E-state index is 11.7. The molecule has 114 valence electrons. The van der Waals surface area contributed by atoms with E-state index in [1.807, 2.05) is 0 Å². The van der Waals surface area contributed by atoms with E-state index in [-0.39, 0.29) is 36.3 Å². The average Bonchev–Trinajstić information content (AvgIpc) is 2.55. The lowest BCUT2D eigenvalue weighted by molar-refractivity contribution is 0.0509. The van der Waals surface area contributed by atoms with Crippen molar-refractivity contribution in [2.75, 3.05) is 13.2 Å². The second kappa shape index (κ2) is 7.21. The van der Waals surface area contributed by atoms with E-state index in [9.17, 15) is 9.59 Å². The summed E-state index contributed by atoms with van der Waals surface area (Å²) in [6.07, 6.45) is 2.80. The minimum absolute atomic E-state index is 0.0944. The maximum absolute atomic E-state index is 11.7. The highest BCUT2D eigenvalue weighted by molar-refractivity contribution is 5.88. The number of nitrogens with zero attached hydrogens (tertiary/aromatic N) is 4. The Morgan fingerprint density at radius 3 is 1.64 bits per heavy atom. The number of carbonyl (C=O) groups is 2. The number of hydrogen-bond acceptors (Lipinski definition) is 8. The Hall–Kier alpha value is -2.90. The van der Waals surface area contributed by atoms with E-state index in [4.69, 9.17) is 9.47 Å². The Morgan fingerprint density at radius 2 is 1.27 bits per heavy atom. The second-order valence-electron chi connectivity index (χ2n) is 3.97. The van der Waals surface area contributed by atoms with Crippen LogP contribution in [0.1, 0.15) is 34.8 Å². The molecule has 0 unspecified atom stereocenters. The van der Waals surface area contributed by atoms with Gasteiger partial charge in [-0.1, -0.05) is 0 Å². The molecule has 8 heteroatoms. The van der Waals surface area contributed by atoms with Gasteiger partial charge in [-0.2, -0.15) is 0 Å². The molecular weight excluding hydrogens is 288 g/mol. The van der Waals surface area contributed by atoms with Crippen LogP contribution in [0.25, 0.3) is 11.6 Å². The van der Waals surface area contributed by atoms with Gasteiger partial charge in [0.25, 0.3) is 0 Å². The quantitative estimate of drug-likeness (QED) is 0.761. The van der Waals surface area contributed by atoms with Crippen LogP contribution in [0, 0.1) is 0 Å². The molecule has 2 aromatic rings. The Balaban J connectivity index is 2.32. The Kier molecular flexibility index (Phi) is 5.07. The molecule has 2 heterocycles.